The van der Waals surface area contributed by atoms with Crippen molar-refractivity contribution in [2.24, 2.45) is 11.6 Å². The average molecular weight is 64.1 g/mol. The van der Waals surface area contributed by atoms with Crippen LogP contribution in [0.1, 0.15) is 0 Å². The van der Waals surface area contributed by atoms with Crippen molar-refractivity contribution in [3.63, 3.8) is 0 Å². The van der Waals surface area contributed by atoms with E-state index in [1.165, 1.54) is 7.05 Å². The van der Waals surface area contributed by atoms with E-state index in [1.54, 1.807) is 0 Å². The molecule has 0 aromatic heterocycles. The van der Waals surface area contributed by atoms with E-state index in [1.807, 2.05) is 0 Å². The molecular weight excluding hydrogens is 56.0 g/mol. The van der Waals surface area contributed by atoms with Gasteiger partial charge < -0.3 is 10.9 Å². The third kappa shape index (κ3) is 101. The summed E-state index contributed by atoms with van der Waals surface area (Å²) in [5, 5.41) is 6.50. The van der Waals surface area contributed by atoms with Gasteiger partial charge in [-0.05, 0) is 7.05 Å². The summed E-state index contributed by atoms with van der Waals surface area (Å²) in [7, 11) is 1.50. The molecule has 28 valence electrons. The Kier molecular flexibility index (Phi) is 1610. The third-order valence-corrected chi connectivity index (χ3v) is 0. The Morgan fingerprint density at radius 1 is 1.25 bits per heavy atom. The van der Waals surface area contributed by atoms with E-state index in [4.69, 9.17) is 5.21 Å². The monoisotopic (exact) mass is 64.1 g/mol. The molecule has 0 heterocycles. The highest BCUT2D eigenvalue weighted by atomic mass is 16.4. The Labute approximate surface area is 25.2 Å². The first kappa shape index (κ1) is 9.11. The summed E-state index contributed by atoms with van der Waals surface area (Å²) in [5.41, 5.74) is 4.50. The fourth-order valence-electron chi connectivity index (χ4n) is 0. The van der Waals surface area contributed by atoms with Crippen molar-refractivity contribution in [3.05, 3.63) is 0 Å². The lowest BCUT2D eigenvalue weighted by atomic mass is 11.6. The normalized spacial score (nSPS) is 3.00. The summed E-state index contributed by atoms with van der Waals surface area (Å²) in [6, 6.07) is 0. The van der Waals surface area contributed by atoms with Crippen LogP contribution in [0.3, 0.4) is 0 Å². The number of hydrogen-bond acceptors (Lipinski definition) is 3. The van der Waals surface area contributed by atoms with Crippen LogP contribution in [0.4, 0.5) is 0 Å². The molecule has 0 aliphatic heterocycles. The largest absolute Gasteiger partial charge is 0.333 e. The third-order valence-electron chi connectivity index (χ3n) is 0. The highest BCUT2D eigenvalue weighted by molar-refractivity contribution is 3.54. The predicted molar refractivity (Wildman–Crippen MR) is 16.1 cm³/mol. The molecule has 0 aromatic carbocycles. The molecule has 0 rings (SSSR count). The lowest BCUT2D eigenvalue weighted by Gasteiger charge is -1.27. The molecule has 0 saturated heterocycles. The molecule has 0 spiro atoms. The van der Waals surface area contributed by atoms with Gasteiger partial charge in [0.25, 0.3) is 0 Å². The van der Waals surface area contributed by atoms with Gasteiger partial charge in [0.05, 0.1) is 0 Å². The zero-order valence-electron chi connectivity index (χ0n) is 2.60. The second kappa shape index (κ2) is 707. The molecule has 0 saturated carbocycles. The molecule has 5 N–H and O–H groups in total. The summed E-state index contributed by atoms with van der Waals surface area (Å²) in [5.74, 6) is 3.50. The number of hydrogen-bond donors (Lipinski definition) is 3. The minimum absolute atomic E-state index is 1.50. The van der Waals surface area contributed by atoms with Crippen LogP contribution in [0, 0.1) is 0 Å². The molecule has 0 unspecified atom stereocenters. The summed E-state index contributed by atoms with van der Waals surface area (Å²) < 4.78 is 0. The highest BCUT2D eigenvalue weighted by Crippen LogP contribution is 0.469. The Morgan fingerprint density at radius 2 is 1.25 bits per heavy atom. The smallest absolute Gasteiger partial charge is 0.0195 e. The predicted octanol–water partition coefficient (Wildman–Crippen LogP) is -1.09. The van der Waals surface area contributed by atoms with Crippen molar-refractivity contribution in [2.75, 3.05) is 7.05 Å². The fraction of sp³-hybridized carbons (Fsp3) is 1.00. The first-order valence-electron chi connectivity index (χ1n) is 0.836. The second-order valence-electron chi connectivity index (χ2n) is 0. The molecule has 0 bridgehead atoms. The Morgan fingerprint density at radius 3 is 1.25 bits per heavy atom. The van der Waals surface area contributed by atoms with Crippen LogP contribution in [0.2, 0.25) is 0 Å². The average Bonchev–Trinajstić information content (AvgIpc) is 1.50. The summed E-state index contributed by atoms with van der Waals surface area (Å²) in [6.07, 6.45) is 0. The molecule has 0 amide bonds. The van der Waals surface area contributed by atoms with Crippen LogP contribution in [-0.2, 0) is 0 Å². The van der Waals surface area contributed by atoms with Crippen LogP contribution >= 0.6 is 0 Å². The van der Waals surface area contributed by atoms with Crippen molar-refractivity contribution in [2.45, 2.75) is 0 Å². The van der Waals surface area contributed by atoms with Crippen LogP contribution in [0.25, 0.3) is 0 Å². The summed E-state index contributed by atoms with van der Waals surface area (Å²) in [6.45, 7) is 0. The molecule has 0 aromatic rings. The van der Waals surface area contributed by atoms with E-state index in [0.717, 1.165) is 0 Å². The Hall–Kier alpha value is -0.120. The van der Waals surface area contributed by atoms with Crippen LogP contribution < -0.4 is 11.6 Å². The van der Waals surface area contributed by atoms with Gasteiger partial charge in [0.1, 0.15) is 0 Å². The van der Waals surface area contributed by atoms with E-state index in [-0.39, 0.29) is 0 Å². The topological polar surface area (TPSA) is 72.3 Å². The lowest BCUT2D eigenvalue weighted by molar-refractivity contribution is 0.311. The quantitative estimate of drug-likeness (QED) is 0.313. The SMILES string of the molecule is CN.NO. The van der Waals surface area contributed by atoms with Gasteiger partial charge in [-0.2, -0.15) is 0 Å². The summed E-state index contributed by atoms with van der Waals surface area (Å²) >= 11 is 0. The van der Waals surface area contributed by atoms with Gasteiger partial charge in [0.2, 0.25) is 0 Å². The minimum atomic E-state index is 1.50. The van der Waals surface area contributed by atoms with E-state index in [0.29, 0.717) is 0 Å². The van der Waals surface area contributed by atoms with Gasteiger partial charge in [-0.25, -0.2) is 5.90 Å². The molecule has 0 aliphatic carbocycles. The molecular formula is CH8N2O. The van der Waals surface area contributed by atoms with Gasteiger partial charge in [0, 0.05) is 0 Å². The van der Waals surface area contributed by atoms with Crippen LogP contribution in [0.5, 0.6) is 0 Å². The molecule has 3 heteroatoms. The molecule has 0 fully saturated rings. The molecule has 0 atom stereocenters. The fourth-order valence-corrected chi connectivity index (χ4v) is 0. The highest BCUT2D eigenvalue weighted by Gasteiger charge is 0.836. The van der Waals surface area contributed by atoms with Gasteiger partial charge in [-0.1, -0.05) is 0 Å². The second-order valence-corrected chi connectivity index (χ2v) is 0. The van der Waals surface area contributed by atoms with Gasteiger partial charge in [-0.15, -0.1) is 0 Å². The van der Waals surface area contributed by atoms with Crippen LogP contribution in [0.15, 0.2) is 0 Å². The number of rotatable bonds is 0. The van der Waals surface area contributed by atoms with E-state index in [2.05, 4.69) is 11.6 Å². The van der Waals surface area contributed by atoms with Crippen molar-refractivity contribution in [1.82, 2.24) is 0 Å². The standard InChI is InChI=1S/CH5N.H3NO/c2*1-2/h2H2,1H3;2H,1H2. The van der Waals surface area contributed by atoms with Gasteiger partial charge >= 0.3 is 0 Å². The molecule has 0 radical (unpaired) electrons. The molecule has 0 aliphatic rings. The van der Waals surface area contributed by atoms with Crippen molar-refractivity contribution in [1.29, 1.82) is 0 Å². The van der Waals surface area contributed by atoms with Gasteiger partial charge in [-0.3, -0.25) is 0 Å². The number of nitrogens with two attached hydrogens (primary N) is 2. The molecule has 4 heavy (non-hydrogen) atoms. The van der Waals surface area contributed by atoms with E-state index >= 15 is 0 Å². The van der Waals surface area contributed by atoms with E-state index in [9.17, 15) is 0 Å². The van der Waals surface area contributed by atoms with E-state index < -0.39 is 0 Å². The Bertz CT molecular complexity index is 6.00. The van der Waals surface area contributed by atoms with Crippen molar-refractivity contribution < 1.29 is 5.21 Å². The zero-order valence-corrected chi connectivity index (χ0v) is 2.60. The maximum Gasteiger partial charge on any atom is -0.0195 e. The van der Waals surface area contributed by atoms with Crippen LogP contribution in [-0.4, -0.2) is 12.3 Å². The zero-order chi connectivity index (χ0) is 4.00. The first-order chi connectivity index (χ1) is 2.00. The van der Waals surface area contributed by atoms with Crippen molar-refractivity contribution >= 4 is 0 Å². The first-order valence-corrected chi connectivity index (χ1v) is 0.836. The maximum absolute atomic E-state index is 6.50. The lowest BCUT2D eigenvalue weighted by Crippen LogP contribution is -1.72. The minimum Gasteiger partial charge on any atom is -0.333 e. The summed E-state index contributed by atoms with van der Waals surface area (Å²) in [4.78, 5) is 0. The maximum atomic E-state index is 6.50. The Balaban J connectivity index is 0. The van der Waals surface area contributed by atoms with Gasteiger partial charge in [0.15, 0.2) is 0 Å². The van der Waals surface area contributed by atoms with Crippen molar-refractivity contribution in [3.8, 4) is 0 Å². The molecule has 3 nitrogen and oxygen atoms in total.